The third-order valence-corrected chi connectivity index (χ3v) is 19.6. The third kappa shape index (κ3) is 8.00. The van der Waals surface area contributed by atoms with Crippen molar-refractivity contribution in [3.8, 4) is 44.5 Å². The van der Waals surface area contributed by atoms with Crippen LogP contribution in [0.15, 0.2) is 303 Å². The van der Waals surface area contributed by atoms with E-state index in [0.717, 1.165) is 34.1 Å². The van der Waals surface area contributed by atoms with Gasteiger partial charge in [0.15, 0.2) is 0 Å². The maximum atomic E-state index is 2.46. The van der Waals surface area contributed by atoms with Crippen molar-refractivity contribution in [3.05, 3.63) is 314 Å². The van der Waals surface area contributed by atoms with Gasteiger partial charge in [0.2, 0.25) is 0 Å². The van der Waals surface area contributed by atoms with Gasteiger partial charge in [-0.15, -0.1) is 11.3 Å². The second kappa shape index (κ2) is 19.8. The molecule has 0 radical (unpaired) electrons. The molecule has 0 aliphatic heterocycles. The Bertz CT molecular complexity index is 5340. The molecule has 404 valence electrons. The monoisotopic (exact) mass is 1110 g/mol. The summed E-state index contributed by atoms with van der Waals surface area (Å²) >= 11 is 1.87. The highest BCUT2D eigenvalue weighted by Crippen LogP contribution is 2.53. The molecule has 1 heterocycles. The van der Waals surface area contributed by atoms with Crippen molar-refractivity contribution in [1.82, 2.24) is 0 Å². The Hall–Kier alpha value is -10.6. The fraction of sp³-hybridized carbons (Fsp3) is 0.0361. The molecule has 0 spiro atoms. The zero-order chi connectivity index (χ0) is 57.0. The van der Waals surface area contributed by atoms with Gasteiger partial charge < -0.3 is 9.80 Å². The van der Waals surface area contributed by atoms with Crippen LogP contribution in [0, 0.1) is 0 Å². The van der Waals surface area contributed by atoms with Crippen LogP contribution in [0.5, 0.6) is 0 Å². The fourth-order valence-corrected chi connectivity index (χ4v) is 15.3. The lowest BCUT2D eigenvalue weighted by atomic mass is 9.82. The smallest absolute Gasteiger partial charge is 0.0540 e. The molecule has 15 aromatic carbocycles. The summed E-state index contributed by atoms with van der Waals surface area (Å²) < 4.78 is 2.65. The molecule has 0 saturated carbocycles. The molecular formula is C83H56N2S. The summed E-state index contributed by atoms with van der Waals surface area (Å²) in [7, 11) is 0. The van der Waals surface area contributed by atoms with E-state index in [1.165, 1.54) is 130 Å². The molecule has 1 aliphatic carbocycles. The topological polar surface area (TPSA) is 6.48 Å². The first-order valence-electron chi connectivity index (χ1n) is 29.8. The van der Waals surface area contributed by atoms with Crippen molar-refractivity contribution in [2.45, 2.75) is 19.3 Å². The molecule has 0 saturated heterocycles. The minimum atomic E-state index is -0.306. The number of fused-ring (bicyclic) bond motifs is 14. The zero-order valence-electron chi connectivity index (χ0n) is 47.7. The van der Waals surface area contributed by atoms with Gasteiger partial charge in [0.05, 0.1) is 5.69 Å². The van der Waals surface area contributed by atoms with Crippen molar-refractivity contribution >= 4 is 119 Å². The van der Waals surface area contributed by atoms with Crippen LogP contribution in [-0.4, -0.2) is 0 Å². The molecule has 0 bridgehead atoms. The molecule has 17 rings (SSSR count). The highest BCUT2D eigenvalue weighted by atomic mass is 32.1. The molecule has 1 aromatic heterocycles. The van der Waals surface area contributed by atoms with E-state index in [-0.39, 0.29) is 5.41 Å². The molecule has 1 aliphatic rings. The molecule has 0 unspecified atom stereocenters. The van der Waals surface area contributed by atoms with Crippen molar-refractivity contribution in [1.29, 1.82) is 0 Å². The Morgan fingerprint density at radius 1 is 0.244 bits per heavy atom. The van der Waals surface area contributed by atoms with Gasteiger partial charge in [0.1, 0.15) is 0 Å². The number of nitrogens with zero attached hydrogens (tertiary/aromatic N) is 2. The first-order chi connectivity index (χ1) is 42.4. The first kappa shape index (κ1) is 50.0. The number of thiophene rings is 1. The second-order valence-electron chi connectivity index (χ2n) is 23.6. The maximum absolute atomic E-state index is 2.46. The fourth-order valence-electron chi connectivity index (χ4n) is 14.2. The zero-order valence-corrected chi connectivity index (χ0v) is 48.5. The SMILES string of the molecule is CC1(C)c2cc(N(c3ccc(-c4ccc5c6ccccc6c6ccccc6c5c4)cc3)c3ccc(-c4ccc(-c5ccc6sc7ccccc7c6c5)c5ccccc45)cc3)ccc2-c2ccc(N(c3ccccc3)c3cccc4ccccc34)cc21. The highest BCUT2D eigenvalue weighted by molar-refractivity contribution is 7.25. The summed E-state index contributed by atoms with van der Waals surface area (Å²) in [6.07, 6.45) is 0. The van der Waals surface area contributed by atoms with Crippen LogP contribution in [-0.2, 0) is 5.41 Å². The number of hydrogen-bond donors (Lipinski definition) is 0. The highest BCUT2D eigenvalue weighted by Gasteiger charge is 2.37. The first-order valence-corrected chi connectivity index (χ1v) is 30.6. The summed E-state index contributed by atoms with van der Waals surface area (Å²) in [5, 5.41) is 15.2. The van der Waals surface area contributed by atoms with E-state index >= 15 is 0 Å². The van der Waals surface area contributed by atoms with Crippen LogP contribution >= 0.6 is 11.3 Å². The van der Waals surface area contributed by atoms with Crippen molar-refractivity contribution in [3.63, 3.8) is 0 Å². The second-order valence-corrected chi connectivity index (χ2v) is 24.6. The number of rotatable bonds is 9. The molecule has 3 heteroatoms. The number of para-hydroxylation sites is 1. The van der Waals surface area contributed by atoms with E-state index in [1.54, 1.807) is 0 Å². The predicted octanol–water partition coefficient (Wildman–Crippen LogP) is 24.1. The van der Waals surface area contributed by atoms with Gasteiger partial charge >= 0.3 is 0 Å². The number of anilines is 6. The molecule has 16 aromatic rings. The van der Waals surface area contributed by atoms with Crippen LogP contribution in [0.4, 0.5) is 34.1 Å². The molecule has 0 amide bonds. The minimum Gasteiger partial charge on any atom is -0.310 e. The van der Waals surface area contributed by atoms with Crippen LogP contribution in [0.3, 0.4) is 0 Å². The van der Waals surface area contributed by atoms with Crippen molar-refractivity contribution in [2.75, 3.05) is 9.80 Å². The van der Waals surface area contributed by atoms with E-state index in [2.05, 4.69) is 327 Å². The van der Waals surface area contributed by atoms with Gasteiger partial charge in [-0.2, -0.15) is 0 Å². The Morgan fingerprint density at radius 3 is 1.33 bits per heavy atom. The molecule has 86 heavy (non-hydrogen) atoms. The van der Waals surface area contributed by atoms with E-state index in [9.17, 15) is 0 Å². The Balaban J connectivity index is 0.770. The molecule has 2 nitrogen and oxygen atoms in total. The van der Waals surface area contributed by atoms with Gasteiger partial charge in [-0.3, -0.25) is 0 Å². The lowest BCUT2D eigenvalue weighted by molar-refractivity contribution is 0.660. The van der Waals surface area contributed by atoms with E-state index in [4.69, 9.17) is 0 Å². The van der Waals surface area contributed by atoms with E-state index < -0.39 is 0 Å². The number of benzene rings is 15. The third-order valence-electron chi connectivity index (χ3n) is 18.4. The average molecular weight is 1110 g/mol. The van der Waals surface area contributed by atoms with Crippen molar-refractivity contribution < 1.29 is 0 Å². The molecular weight excluding hydrogens is 1060 g/mol. The van der Waals surface area contributed by atoms with Crippen molar-refractivity contribution in [2.24, 2.45) is 0 Å². The Morgan fingerprint density at radius 2 is 0.674 bits per heavy atom. The summed E-state index contributed by atoms with van der Waals surface area (Å²) in [6, 6.07) is 113. The lowest BCUT2D eigenvalue weighted by Gasteiger charge is -2.29. The van der Waals surface area contributed by atoms with Gasteiger partial charge in [-0.1, -0.05) is 226 Å². The number of hydrogen-bond acceptors (Lipinski definition) is 3. The average Bonchev–Trinajstić information content (AvgIpc) is 1.91. The summed E-state index contributed by atoms with van der Waals surface area (Å²) in [6.45, 7) is 4.80. The Kier molecular flexibility index (Phi) is 11.5. The Labute approximate surface area is 504 Å². The van der Waals surface area contributed by atoms with Crippen LogP contribution in [0.1, 0.15) is 25.0 Å². The summed E-state index contributed by atoms with van der Waals surface area (Å²) in [5.41, 5.74) is 18.8. The van der Waals surface area contributed by atoms with E-state index in [1.807, 2.05) is 11.3 Å². The maximum Gasteiger partial charge on any atom is 0.0540 e. The van der Waals surface area contributed by atoms with Gasteiger partial charge in [0, 0.05) is 59.4 Å². The summed E-state index contributed by atoms with van der Waals surface area (Å²) in [4.78, 5) is 4.87. The quantitative estimate of drug-likeness (QED) is 0.133. The largest absolute Gasteiger partial charge is 0.310 e. The predicted molar refractivity (Wildman–Crippen MR) is 370 cm³/mol. The minimum absolute atomic E-state index is 0.306. The molecule has 0 atom stereocenters. The van der Waals surface area contributed by atoms with Crippen LogP contribution < -0.4 is 9.80 Å². The van der Waals surface area contributed by atoms with E-state index in [0.29, 0.717) is 0 Å². The molecule has 0 fully saturated rings. The van der Waals surface area contributed by atoms with Gasteiger partial charge in [-0.05, 0) is 195 Å². The summed E-state index contributed by atoms with van der Waals surface area (Å²) in [5.74, 6) is 0. The van der Waals surface area contributed by atoms with Gasteiger partial charge in [0.25, 0.3) is 0 Å². The standard InChI is InChI=1S/C83H56N2S/c1-83(2)78-51-61(41-44-73(78)74-45-42-62(52-79(74)83)85(58-19-4-3-5-20-58)80-29-16-18-54-17-6-7-21-65(54)80)84(59-37-31-53(32-38-59)56-35-43-72-70-26-11-10-24-68(70)69-25-12-13-27-71(69)76(72)49-56)60-39-33-55(34-40-60)63-46-47-64(67-23-9-8-22-66(63)67)57-36-48-82-77(50-57)75-28-14-15-30-81(75)86-82/h3-52H,1-2H3. The van der Waals surface area contributed by atoms with Crippen LogP contribution in [0.25, 0.3) is 119 Å². The van der Waals surface area contributed by atoms with Gasteiger partial charge in [-0.25, -0.2) is 0 Å². The molecule has 0 N–H and O–H groups in total. The van der Waals surface area contributed by atoms with Crippen LogP contribution in [0.2, 0.25) is 0 Å². The normalized spacial score (nSPS) is 12.6. The lowest BCUT2D eigenvalue weighted by Crippen LogP contribution is -2.17.